The molecule has 3 aliphatic rings. The predicted molar refractivity (Wildman–Crippen MR) is 188 cm³/mol. The third-order valence-electron chi connectivity index (χ3n) is 10.0. The minimum Gasteiger partial charge on any atom is -0.488 e. The minimum atomic E-state index is -1.01. The fraction of sp³-hybridized carbons (Fsp3) is 0.256. The molecular weight excluding hydrogens is 662 g/mol. The van der Waals surface area contributed by atoms with Gasteiger partial charge in [-0.05, 0) is 73.4 Å². The summed E-state index contributed by atoms with van der Waals surface area (Å²) in [6.45, 7) is 4.32. The second-order valence-corrected chi connectivity index (χ2v) is 13.6. The van der Waals surface area contributed by atoms with Crippen molar-refractivity contribution in [3.8, 4) is 23.1 Å². The smallest absolute Gasteiger partial charge is 0.262 e. The maximum atomic E-state index is 13.3. The summed E-state index contributed by atoms with van der Waals surface area (Å²) in [5.41, 5.74) is 2.88. The molecule has 3 aromatic carbocycles. The summed E-state index contributed by atoms with van der Waals surface area (Å²) < 4.78 is 14.3. The molecule has 2 N–H and O–H groups in total. The Hall–Kier alpha value is -6.37. The van der Waals surface area contributed by atoms with Crippen LogP contribution in [0.3, 0.4) is 0 Å². The summed E-state index contributed by atoms with van der Waals surface area (Å²) in [5.74, 6) is 0.617. The first-order valence-corrected chi connectivity index (χ1v) is 17.2. The number of fused-ring (bicyclic) bond motifs is 1. The fourth-order valence-electron chi connectivity index (χ4n) is 6.93. The van der Waals surface area contributed by atoms with E-state index in [1.807, 2.05) is 42.5 Å². The second-order valence-electron chi connectivity index (χ2n) is 13.6. The molecule has 1 saturated heterocycles. The Morgan fingerprint density at radius 3 is 2.37 bits per heavy atom. The number of carbonyl (C=O) groups excluding carboxylic acids is 4. The number of pyridine rings is 1. The van der Waals surface area contributed by atoms with Gasteiger partial charge in [-0.1, -0.05) is 49.4 Å². The van der Waals surface area contributed by atoms with Gasteiger partial charge >= 0.3 is 0 Å². The number of ether oxygens (including phenoxy) is 2. The first-order valence-electron chi connectivity index (χ1n) is 17.2. The van der Waals surface area contributed by atoms with E-state index >= 15 is 0 Å². The van der Waals surface area contributed by atoms with Crippen molar-refractivity contribution < 1.29 is 28.7 Å². The Balaban J connectivity index is 0.929. The monoisotopic (exact) mass is 697 g/mol. The van der Waals surface area contributed by atoms with Gasteiger partial charge in [0.1, 0.15) is 29.4 Å². The van der Waals surface area contributed by atoms with Crippen LogP contribution in [0.1, 0.15) is 71.4 Å². The Bertz CT molecular complexity index is 2180. The van der Waals surface area contributed by atoms with Gasteiger partial charge in [-0.25, -0.2) is 9.67 Å². The molecule has 262 valence electrons. The number of imide groups is 2. The van der Waals surface area contributed by atoms with Crippen molar-refractivity contribution in [2.24, 2.45) is 0 Å². The highest BCUT2D eigenvalue weighted by Gasteiger charge is 2.45. The fourth-order valence-corrected chi connectivity index (χ4v) is 6.93. The van der Waals surface area contributed by atoms with Crippen LogP contribution in [0.25, 0.3) is 5.82 Å². The van der Waals surface area contributed by atoms with E-state index in [0.29, 0.717) is 23.0 Å². The largest absolute Gasteiger partial charge is 0.488 e. The lowest BCUT2D eigenvalue weighted by atomic mass is 9.77. The number of para-hydroxylation sites is 1. The van der Waals surface area contributed by atoms with Gasteiger partial charge in [0.05, 0.1) is 35.8 Å². The number of nitrogens with one attached hydrogen (secondary N) is 2. The van der Waals surface area contributed by atoms with Crippen LogP contribution in [0, 0.1) is 0 Å². The van der Waals surface area contributed by atoms with Gasteiger partial charge in [-0.3, -0.25) is 29.4 Å². The molecule has 13 heteroatoms. The van der Waals surface area contributed by atoms with Crippen LogP contribution in [-0.2, 0) is 15.0 Å². The molecule has 1 saturated carbocycles. The molecule has 3 unspecified atom stereocenters. The number of anilines is 1. The Morgan fingerprint density at radius 2 is 1.65 bits per heavy atom. The zero-order chi connectivity index (χ0) is 36.0. The van der Waals surface area contributed by atoms with Gasteiger partial charge in [0, 0.05) is 23.1 Å². The molecule has 1 aliphatic carbocycles. The first kappa shape index (κ1) is 32.8. The van der Waals surface area contributed by atoms with Crippen molar-refractivity contribution in [2.75, 3.05) is 5.32 Å². The molecule has 4 amide bonds. The second kappa shape index (κ2) is 13.1. The maximum absolute atomic E-state index is 13.3. The summed E-state index contributed by atoms with van der Waals surface area (Å²) in [6.07, 6.45) is 6.73. The number of carbonyl (C=O) groups is 4. The van der Waals surface area contributed by atoms with E-state index in [9.17, 15) is 19.2 Å². The molecule has 0 bridgehead atoms. The van der Waals surface area contributed by atoms with Crippen molar-refractivity contribution in [3.63, 3.8) is 0 Å². The average Bonchev–Trinajstić information content (AvgIpc) is 3.77. The van der Waals surface area contributed by atoms with E-state index in [1.54, 1.807) is 41.5 Å². The van der Waals surface area contributed by atoms with Crippen LogP contribution in [0.5, 0.6) is 17.2 Å². The van der Waals surface area contributed by atoms with Gasteiger partial charge in [-0.15, -0.1) is 5.10 Å². The lowest BCUT2D eigenvalue weighted by molar-refractivity contribution is -0.136. The molecule has 0 spiro atoms. The van der Waals surface area contributed by atoms with Gasteiger partial charge in [0.25, 0.3) is 11.8 Å². The van der Waals surface area contributed by atoms with E-state index in [1.165, 1.54) is 0 Å². The number of amides is 4. The van der Waals surface area contributed by atoms with Crippen molar-refractivity contribution in [3.05, 3.63) is 120 Å². The van der Waals surface area contributed by atoms with E-state index in [4.69, 9.17) is 9.47 Å². The maximum Gasteiger partial charge on any atom is 0.262 e. The number of aromatic nitrogens is 4. The van der Waals surface area contributed by atoms with Crippen LogP contribution < -0.4 is 20.1 Å². The van der Waals surface area contributed by atoms with E-state index in [-0.39, 0.29) is 36.1 Å². The van der Waals surface area contributed by atoms with Crippen LogP contribution in [-0.4, -0.2) is 66.7 Å². The normalized spacial score (nSPS) is 19.9. The molecule has 0 radical (unpaired) electrons. The summed E-state index contributed by atoms with van der Waals surface area (Å²) in [6, 6.07) is 23.7. The highest BCUT2D eigenvalue weighted by Crippen LogP contribution is 2.40. The Labute approximate surface area is 298 Å². The SMILES string of the molecule is CC(C)(c1ccc(Oc2ccc(-n3ccnn3)nc2)cc1)c1ccccc1OC1CCC1Nc1ccc2c(c1)C(=O)N(C1CCC(=O)NC1=O)C2=O. The van der Waals surface area contributed by atoms with Gasteiger partial charge in [0.15, 0.2) is 5.82 Å². The summed E-state index contributed by atoms with van der Waals surface area (Å²) >= 11 is 0. The number of benzene rings is 3. The van der Waals surface area contributed by atoms with Crippen molar-refractivity contribution >= 4 is 29.3 Å². The Morgan fingerprint density at radius 1 is 0.865 bits per heavy atom. The molecule has 2 fully saturated rings. The van der Waals surface area contributed by atoms with Gasteiger partial charge in [0.2, 0.25) is 11.8 Å². The number of rotatable bonds is 10. The molecule has 3 atom stereocenters. The number of hydrogen-bond donors (Lipinski definition) is 2. The molecule has 2 aromatic heterocycles. The minimum absolute atomic E-state index is 0.0242. The summed E-state index contributed by atoms with van der Waals surface area (Å²) in [5, 5.41) is 13.5. The Kier molecular flexibility index (Phi) is 8.25. The highest BCUT2D eigenvalue weighted by molar-refractivity contribution is 6.23. The third-order valence-corrected chi connectivity index (χ3v) is 10.0. The average molecular weight is 698 g/mol. The third kappa shape index (κ3) is 6.03. The first-order chi connectivity index (χ1) is 25.2. The summed E-state index contributed by atoms with van der Waals surface area (Å²) in [7, 11) is 0. The summed E-state index contributed by atoms with van der Waals surface area (Å²) in [4.78, 5) is 55.9. The van der Waals surface area contributed by atoms with Crippen LogP contribution >= 0.6 is 0 Å². The molecule has 2 aliphatic heterocycles. The molecule has 4 heterocycles. The standard InChI is InChI=1S/C39H35N7O6/c1-39(2,23-7-10-25(11-8-23)51-26-12-17-34(40-22-26)45-20-19-41-44-45)29-5-3-4-6-32(29)52-33-16-14-30(33)42-24-9-13-27-28(21-24)38(50)46(37(27)49)31-15-18-35(47)43-36(31)48/h3-13,17,19-22,30-31,33,42H,14-16,18H2,1-2H3,(H,43,47,48). The van der Waals surface area contributed by atoms with Gasteiger partial charge < -0.3 is 14.8 Å². The van der Waals surface area contributed by atoms with Crippen LogP contribution in [0.15, 0.2) is 97.5 Å². The number of nitrogens with zero attached hydrogens (tertiary/aromatic N) is 5. The molecule has 5 aromatic rings. The van der Waals surface area contributed by atoms with Crippen molar-refractivity contribution in [1.82, 2.24) is 30.2 Å². The zero-order valence-electron chi connectivity index (χ0n) is 28.5. The highest BCUT2D eigenvalue weighted by atomic mass is 16.5. The molecule has 52 heavy (non-hydrogen) atoms. The van der Waals surface area contributed by atoms with E-state index in [0.717, 1.165) is 34.6 Å². The van der Waals surface area contributed by atoms with Crippen molar-refractivity contribution in [1.29, 1.82) is 0 Å². The van der Waals surface area contributed by atoms with Crippen molar-refractivity contribution in [2.45, 2.75) is 63.1 Å². The molecular formula is C39H35N7O6. The number of piperidine rings is 1. The lowest BCUT2D eigenvalue weighted by Crippen LogP contribution is -2.54. The topological polar surface area (TPSA) is 158 Å². The molecule has 8 rings (SSSR count). The lowest BCUT2D eigenvalue weighted by Gasteiger charge is -2.39. The molecule has 13 nitrogen and oxygen atoms in total. The zero-order valence-corrected chi connectivity index (χ0v) is 28.5. The number of hydrogen-bond acceptors (Lipinski definition) is 10. The van der Waals surface area contributed by atoms with Crippen LogP contribution in [0.4, 0.5) is 5.69 Å². The van der Waals surface area contributed by atoms with Gasteiger partial charge in [-0.2, -0.15) is 0 Å². The predicted octanol–water partition coefficient (Wildman–Crippen LogP) is 5.20. The van der Waals surface area contributed by atoms with E-state index < -0.39 is 35.1 Å². The quantitative estimate of drug-likeness (QED) is 0.186. The van der Waals surface area contributed by atoms with Crippen LogP contribution in [0.2, 0.25) is 0 Å². The van der Waals surface area contributed by atoms with E-state index in [2.05, 4.69) is 58.0 Å².